The van der Waals surface area contributed by atoms with Crippen LogP contribution in [0.2, 0.25) is 0 Å². The number of aryl methyl sites for hydroxylation is 3. The van der Waals surface area contributed by atoms with Crippen molar-refractivity contribution >= 4 is 37.3 Å². The van der Waals surface area contributed by atoms with Gasteiger partial charge in [-0.25, -0.2) is 21.1 Å². The first-order valence-corrected chi connectivity index (χ1v) is 16.2. The topological polar surface area (TPSA) is 113 Å². The average Bonchev–Trinajstić information content (AvgIpc) is 2.91. The van der Waals surface area contributed by atoms with Gasteiger partial charge in [0.2, 0.25) is 15.9 Å². The van der Waals surface area contributed by atoms with E-state index in [2.05, 4.69) is 10.0 Å². The Bertz CT molecular complexity index is 1510. The number of sulfonamides is 2. The van der Waals surface area contributed by atoms with E-state index < -0.39 is 26.0 Å². The summed E-state index contributed by atoms with van der Waals surface area (Å²) in [7, 11) is -7.27. The van der Waals surface area contributed by atoms with E-state index in [0.29, 0.717) is 43.6 Å². The summed E-state index contributed by atoms with van der Waals surface area (Å²) in [4.78, 5) is 13.0. The number of hydrogen-bond donors (Lipinski definition) is 2. The van der Waals surface area contributed by atoms with Crippen LogP contribution in [0.3, 0.4) is 0 Å². The van der Waals surface area contributed by atoms with E-state index in [-0.39, 0.29) is 23.1 Å². The van der Waals surface area contributed by atoms with Gasteiger partial charge in [-0.3, -0.25) is 9.52 Å². The molecule has 1 aliphatic heterocycles. The Hall–Kier alpha value is -3.21. The molecule has 0 aromatic heterocycles. The molecule has 4 rings (SSSR count). The second-order valence-corrected chi connectivity index (χ2v) is 13.8. The molecule has 0 radical (unpaired) electrons. The highest BCUT2D eigenvalue weighted by Crippen LogP contribution is 2.24. The first-order valence-electron chi connectivity index (χ1n) is 13.1. The molecule has 1 amide bonds. The average molecular weight is 570 g/mol. The molecule has 0 unspecified atom stereocenters. The Morgan fingerprint density at radius 2 is 1.67 bits per heavy atom. The predicted molar refractivity (Wildman–Crippen MR) is 155 cm³/mol. The maximum Gasteiger partial charge on any atom is 0.261 e. The lowest BCUT2D eigenvalue weighted by Crippen LogP contribution is -2.44. The second-order valence-electron chi connectivity index (χ2n) is 10.0. The van der Waals surface area contributed by atoms with Crippen molar-refractivity contribution in [2.75, 3.05) is 28.9 Å². The Labute approximate surface area is 231 Å². The monoisotopic (exact) mass is 569 g/mol. The summed E-state index contributed by atoms with van der Waals surface area (Å²) in [6, 6.07) is 21.2. The zero-order valence-corrected chi connectivity index (χ0v) is 23.9. The Morgan fingerprint density at radius 1 is 0.949 bits per heavy atom. The predicted octanol–water partition coefficient (Wildman–Crippen LogP) is 4.72. The minimum atomic E-state index is -3.80. The molecule has 39 heavy (non-hydrogen) atoms. The van der Waals surface area contributed by atoms with Gasteiger partial charge in [0, 0.05) is 18.8 Å². The van der Waals surface area contributed by atoms with E-state index in [1.165, 1.54) is 28.6 Å². The van der Waals surface area contributed by atoms with Crippen LogP contribution in [0.15, 0.2) is 77.7 Å². The van der Waals surface area contributed by atoms with Crippen LogP contribution >= 0.6 is 0 Å². The number of amides is 1. The molecule has 0 aliphatic carbocycles. The molecule has 3 aromatic carbocycles. The zero-order valence-electron chi connectivity index (χ0n) is 22.3. The third-order valence-corrected chi connectivity index (χ3v) is 10.2. The summed E-state index contributed by atoms with van der Waals surface area (Å²) >= 11 is 0. The van der Waals surface area contributed by atoms with Gasteiger partial charge in [0.05, 0.1) is 22.3 Å². The van der Waals surface area contributed by atoms with Gasteiger partial charge in [0.15, 0.2) is 0 Å². The van der Waals surface area contributed by atoms with E-state index in [1.54, 1.807) is 6.07 Å². The number of carbonyl (C=O) groups excluding carboxylic acids is 1. The molecular formula is C29H35N3O5S2. The van der Waals surface area contributed by atoms with Gasteiger partial charge in [-0.05, 0) is 81.0 Å². The highest BCUT2D eigenvalue weighted by atomic mass is 32.2. The molecule has 208 valence electrons. The van der Waals surface area contributed by atoms with Crippen LogP contribution in [-0.2, 0) is 31.3 Å². The van der Waals surface area contributed by atoms with Gasteiger partial charge in [0.1, 0.15) is 0 Å². The number of carbonyl (C=O) groups is 1. The van der Waals surface area contributed by atoms with Crippen LogP contribution in [0.4, 0.5) is 11.4 Å². The minimum absolute atomic E-state index is 0.0440. The molecule has 2 N–H and O–H groups in total. The van der Waals surface area contributed by atoms with E-state index >= 15 is 0 Å². The molecule has 0 bridgehead atoms. The van der Waals surface area contributed by atoms with Gasteiger partial charge in [-0.2, -0.15) is 0 Å². The summed E-state index contributed by atoms with van der Waals surface area (Å²) in [6.07, 6.45) is 2.41. The number of piperidine rings is 1. The summed E-state index contributed by atoms with van der Waals surface area (Å²) in [5.74, 6) is -0.706. The van der Waals surface area contributed by atoms with Gasteiger partial charge < -0.3 is 5.32 Å². The fourth-order valence-corrected chi connectivity index (χ4v) is 7.45. The number of nitrogens with zero attached hydrogens (tertiary/aromatic N) is 1. The van der Waals surface area contributed by atoms with Crippen molar-refractivity contribution in [3.63, 3.8) is 0 Å². The lowest BCUT2D eigenvalue weighted by atomic mass is 9.99. The van der Waals surface area contributed by atoms with Gasteiger partial charge in [-0.1, -0.05) is 48.0 Å². The SMILES string of the molecule is Cc1ccc(NS(=O)(=O)c2ccc(NC(=O)[C@H]3CCCN(S(=O)(=O)CCCc4ccccc4)C3)cc2)c(C)c1. The van der Waals surface area contributed by atoms with E-state index in [9.17, 15) is 21.6 Å². The second kappa shape index (κ2) is 12.3. The maximum absolute atomic E-state index is 13.0. The van der Waals surface area contributed by atoms with Crippen molar-refractivity contribution in [2.24, 2.45) is 5.92 Å². The van der Waals surface area contributed by atoms with Crippen LogP contribution in [-0.4, -0.2) is 45.9 Å². The highest BCUT2D eigenvalue weighted by Gasteiger charge is 2.32. The molecule has 1 heterocycles. The van der Waals surface area contributed by atoms with Crippen molar-refractivity contribution in [3.05, 3.63) is 89.5 Å². The van der Waals surface area contributed by atoms with Crippen molar-refractivity contribution in [2.45, 2.75) is 44.4 Å². The number of hydrogen-bond acceptors (Lipinski definition) is 5. The van der Waals surface area contributed by atoms with E-state index in [1.807, 2.05) is 56.3 Å². The third kappa shape index (κ3) is 7.68. The standard InChI is InChI=1S/C29H35N3O5S2/c1-22-12-17-28(23(2)20-22)31-39(36,37)27-15-13-26(14-16-27)30-29(33)25-11-6-18-32(21-25)38(34,35)19-7-10-24-8-4-3-5-9-24/h3-5,8-9,12-17,20,25,31H,6-7,10-11,18-19,21H2,1-2H3,(H,30,33)/t25-/m0/s1. The Morgan fingerprint density at radius 3 is 2.36 bits per heavy atom. The first kappa shape index (κ1) is 28.8. The smallest absolute Gasteiger partial charge is 0.261 e. The van der Waals surface area contributed by atoms with Crippen LogP contribution < -0.4 is 10.0 Å². The van der Waals surface area contributed by atoms with Gasteiger partial charge >= 0.3 is 0 Å². The van der Waals surface area contributed by atoms with Crippen molar-refractivity contribution in [1.29, 1.82) is 0 Å². The number of rotatable bonds is 10. The summed E-state index contributed by atoms with van der Waals surface area (Å²) in [5, 5.41) is 2.82. The van der Waals surface area contributed by atoms with Crippen molar-refractivity contribution < 1.29 is 21.6 Å². The summed E-state index contributed by atoms with van der Waals surface area (Å²) < 4.78 is 55.6. The molecule has 10 heteroatoms. The van der Waals surface area contributed by atoms with Gasteiger partial charge in [0.25, 0.3) is 10.0 Å². The molecule has 1 aliphatic rings. The fourth-order valence-electron chi connectivity index (χ4n) is 4.74. The Kier molecular flexibility index (Phi) is 9.09. The number of anilines is 2. The van der Waals surface area contributed by atoms with Crippen LogP contribution in [0, 0.1) is 19.8 Å². The summed E-state index contributed by atoms with van der Waals surface area (Å²) in [5.41, 5.74) is 3.92. The normalized spacial score (nSPS) is 16.5. The maximum atomic E-state index is 13.0. The molecular weight excluding hydrogens is 534 g/mol. The molecule has 8 nitrogen and oxygen atoms in total. The number of benzene rings is 3. The van der Waals surface area contributed by atoms with E-state index in [0.717, 1.165) is 16.7 Å². The third-order valence-electron chi connectivity index (χ3n) is 6.92. The zero-order chi connectivity index (χ0) is 28.0. The van der Waals surface area contributed by atoms with Crippen LogP contribution in [0.1, 0.15) is 36.0 Å². The minimum Gasteiger partial charge on any atom is -0.326 e. The van der Waals surface area contributed by atoms with Gasteiger partial charge in [-0.15, -0.1) is 0 Å². The quantitative estimate of drug-likeness (QED) is 0.367. The number of nitrogens with one attached hydrogen (secondary N) is 2. The molecule has 1 saturated heterocycles. The van der Waals surface area contributed by atoms with E-state index in [4.69, 9.17) is 0 Å². The van der Waals surface area contributed by atoms with Crippen LogP contribution in [0.25, 0.3) is 0 Å². The lowest BCUT2D eigenvalue weighted by Gasteiger charge is -2.31. The summed E-state index contributed by atoms with van der Waals surface area (Å²) in [6.45, 7) is 4.34. The molecule has 0 saturated carbocycles. The van der Waals surface area contributed by atoms with Crippen molar-refractivity contribution in [1.82, 2.24) is 4.31 Å². The highest BCUT2D eigenvalue weighted by molar-refractivity contribution is 7.92. The Balaban J connectivity index is 1.33. The van der Waals surface area contributed by atoms with Crippen molar-refractivity contribution in [3.8, 4) is 0 Å². The first-order chi connectivity index (χ1) is 18.5. The lowest BCUT2D eigenvalue weighted by molar-refractivity contribution is -0.120. The van der Waals surface area contributed by atoms with Crippen LogP contribution in [0.5, 0.6) is 0 Å². The fraction of sp³-hybridized carbons (Fsp3) is 0.345. The molecule has 3 aromatic rings. The molecule has 1 atom stereocenters. The molecule has 1 fully saturated rings. The largest absolute Gasteiger partial charge is 0.326 e. The molecule has 0 spiro atoms.